The molecule has 1 atom stereocenters. The van der Waals surface area contributed by atoms with E-state index in [1.54, 1.807) is 0 Å². The number of aromatic nitrogens is 1. The zero-order valence-electron chi connectivity index (χ0n) is 22.6. The van der Waals surface area contributed by atoms with Crippen molar-refractivity contribution in [2.24, 2.45) is 5.41 Å². The Bertz CT molecular complexity index is 1380. The van der Waals surface area contributed by atoms with Gasteiger partial charge in [-0.2, -0.15) is 0 Å². The summed E-state index contributed by atoms with van der Waals surface area (Å²) in [6.07, 6.45) is 0.441. The summed E-state index contributed by atoms with van der Waals surface area (Å²) >= 11 is 2.85. The van der Waals surface area contributed by atoms with E-state index in [4.69, 9.17) is 4.74 Å². The number of hydrogen-bond donors (Lipinski definition) is 2. The van der Waals surface area contributed by atoms with Crippen LogP contribution in [0.4, 0.5) is 10.8 Å². The maximum Gasteiger partial charge on any atom is 0.244 e. The number of anilines is 2. The lowest BCUT2D eigenvalue weighted by Gasteiger charge is -2.18. The largest absolute Gasteiger partial charge is 0.494 e. The van der Waals surface area contributed by atoms with Gasteiger partial charge in [0.15, 0.2) is 5.13 Å². The molecule has 1 unspecified atom stereocenters. The summed E-state index contributed by atoms with van der Waals surface area (Å²) in [5.74, 6) is 0.645. The molecular formula is C31H33N3O3S2. The molecule has 39 heavy (non-hydrogen) atoms. The fraction of sp³-hybridized carbons (Fsp3) is 0.258. The average Bonchev–Trinajstić information content (AvgIpc) is 3.36. The van der Waals surface area contributed by atoms with Gasteiger partial charge in [0, 0.05) is 27.9 Å². The first-order valence-electron chi connectivity index (χ1n) is 12.8. The van der Waals surface area contributed by atoms with E-state index in [9.17, 15) is 9.59 Å². The van der Waals surface area contributed by atoms with Crippen LogP contribution in [0.2, 0.25) is 0 Å². The van der Waals surface area contributed by atoms with Crippen molar-refractivity contribution in [3.63, 3.8) is 0 Å². The molecule has 3 aromatic carbocycles. The molecule has 0 aliphatic heterocycles. The Kier molecular flexibility index (Phi) is 9.43. The van der Waals surface area contributed by atoms with Gasteiger partial charge in [0.1, 0.15) is 11.0 Å². The molecule has 0 radical (unpaired) electrons. The first kappa shape index (κ1) is 28.4. The lowest BCUT2D eigenvalue weighted by atomic mass is 9.92. The SMILES string of the molecule is CCOc1ccc(-c2csc(NC(=O)C(Sc3ccc(NC(=O)CC(C)(C)C)cc3)c3ccccc3)n2)cc1. The normalized spacial score (nSPS) is 12.0. The Balaban J connectivity index is 1.45. The van der Waals surface area contributed by atoms with Crippen molar-refractivity contribution in [1.82, 2.24) is 4.98 Å². The van der Waals surface area contributed by atoms with Crippen LogP contribution >= 0.6 is 23.1 Å². The van der Waals surface area contributed by atoms with E-state index in [1.807, 2.05) is 112 Å². The van der Waals surface area contributed by atoms with E-state index in [2.05, 4.69) is 15.6 Å². The van der Waals surface area contributed by atoms with Crippen LogP contribution in [0.3, 0.4) is 0 Å². The maximum atomic E-state index is 13.5. The second-order valence-corrected chi connectivity index (χ2v) is 12.2. The summed E-state index contributed by atoms with van der Waals surface area (Å²) in [5, 5.41) is 7.95. The highest BCUT2D eigenvalue weighted by atomic mass is 32.2. The third kappa shape index (κ3) is 8.43. The Labute approximate surface area is 238 Å². The summed E-state index contributed by atoms with van der Waals surface area (Å²) in [6, 6.07) is 25.0. The molecule has 0 saturated heterocycles. The minimum absolute atomic E-state index is 0.0162. The van der Waals surface area contributed by atoms with E-state index >= 15 is 0 Å². The number of thioether (sulfide) groups is 1. The maximum absolute atomic E-state index is 13.5. The molecule has 0 aliphatic rings. The van der Waals surface area contributed by atoms with Gasteiger partial charge < -0.3 is 15.4 Å². The molecule has 0 aliphatic carbocycles. The average molecular weight is 560 g/mol. The van der Waals surface area contributed by atoms with E-state index in [1.165, 1.54) is 23.1 Å². The summed E-state index contributed by atoms with van der Waals surface area (Å²) in [6.45, 7) is 8.67. The number of amides is 2. The number of nitrogens with zero attached hydrogens (tertiary/aromatic N) is 1. The van der Waals surface area contributed by atoms with E-state index < -0.39 is 5.25 Å². The standard InChI is InChI=1S/C31H33N3O3S2/c1-5-37-24-15-11-21(12-16-24)26-20-38-30(33-26)34-29(36)28(22-9-7-6-8-10-22)39-25-17-13-23(14-18-25)32-27(35)19-31(2,3)4/h6-18,20,28H,5,19H2,1-4H3,(H,32,35)(H,33,34,36). The zero-order chi connectivity index (χ0) is 27.8. The highest BCUT2D eigenvalue weighted by Gasteiger charge is 2.23. The van der Waals surface area contributed by atoms with E-state index in [0.717, 1.165) is 33.2 Å². The molecule has 6 nitrogen and oxygen atoms in total. The predicted octanol–water partition coefficient (Wildman–Crippen LogP) is 8.06. The van der Waals surface area contributed by atoms with Gasteiger partial charge >= 0.3 is 0 Å². The minimum atomic E-state index is -0.481. The smallest absolute Gasteiger partial charge is 0.244 e. The van der Waals surface area contributed by atoms with Crippen molar-refractivity contribution in [2.75, 3.05) is 17.2 Å². The molecule has 0 fully saturated rings. The van der Waals surface area contributed by atoms with Crippen molar-refractivity contribution < 1.29 is 14.3 Å². The molecular weight excluding hydrogens is 526 g/mol. The highest BCUT2D eigenvalue weighted by Crippen LogP contribution is 2.37. The molecule has 202 valence electrons. The van der Waals surface area contributed by atoms with Crippen molar-refractivity contribution >= 4 is 45.7 Å². The Morgan fingerprint density at radius 2 is 1.64 bits per heavy atom. The van der Waals surface area contributed by atoms with Gasteiger partial charge in [-0.15, -0.1) is 23.1 Å². The molecule has 0 bridgehead atoms. The van der Waals surface area contributed by atoms with Crippen LogP contribution in [0.25, 0.3) is 11.3 Å². The molecule has 4 aromatic rings. The monoisotopic (exact) mass is 559 g/mol. The third-order valence-electron chi connectivity index (χ3n) is 5.62. The summed E-state index contributed by atoms with van der Waals surface area (Å²) in [4.78, 5) is 31.3. The molecule has 8 heteroatoms. The van der Waals surface area contributed by atoms with Crippen molar-refractivity contribution in [1.29, 1.82) is 0 Å². The number of thiazole rings is 1. The van der Waals surface area contributed by atoms with Gasteiger partial charge in [-0.3, -0.25) is 9.59 Å². The number of hydrogen-bond acceptors (Lipinski definition) is 6. The lowest BCUT2D eigenvalue weighted by molar-refractivity contribution is -0.118. The first-order chi connectivity index (χ1) is 18.7. The first-order valence-corrected chi connectivity index (χ1v) is 14.6. The summed E-state index contributed by atoms with van der Waals surface area (Å²) in [7, 11) is 0. The number of rotatable bonds is 10. The van der Waals surface area contributed by atoms with Gasteiger partial charge in [0.05, 0.1) is 12.3 Å². The Morgan fingerprint density at radius 1 is 0.949 bits per heavy atom. The number of nitrogens with one attached hydrogen (secondary N) is 2. The van der Waals surface area contributed by atoms with E-state index in [-0.39, 0.29) is 17.2 Å². The van der Waals surface area contributed by atoms with Crippen LogP contribution in [0, 0.1) is 5.41 Å². The number of ether oxygens (including phenoxy) is 1. The van der Waals surface area contributed by atoms with Crippen LogP contribution in [-0.4, -0.2) is 23.4 Å². The minimum Gasteiger partial charge on any atom is -0.494 e. The summed E-state index contributed by atoms with van der Waals surface area (Å²) < 4.78 is 5.52. The molecule has 0 spiro atoms. The van der Waals surface area contributed by atoms with Gasteiger partial charge in [-0.05, 0) is 66.4 Å². The molecule has 4 rings (SSSR count). The Morgan fingerprint density at radius 3 is 2.28 bits per heavy atom. The molecule has 2 N–H and O–H groups in total. The van der Waals surface area contributed by atoms with E-state index in [0.29, 0.717) is 18.2 Å². The van der Waals surface area contributed by atoms with Gasteiger partial charge in [0.25, 0.3) is 0 Å². The second-order valence-electron chi connectivity index (χ2n) is 10.2. The fourth-order valence-electron chi connectivity index (χ4n) is 3.86. The molecule has 1 aromatic heterocycles. The van der Waals surface area contributed by atoms with Crippen LogP contribution in [0.1, 0.15) is 44.9 Å². The van der Waals surface area contributed by atoms with Crippen molar-refractivity contribution in [3.8, 4) is 17.0 Å². The predicted molar refractivity (Wildman–Crippen MR) is 162 cm³/mol. The lowest BCUT2D eigenvalue weighted by Crippen LogP contribution is -2.19. The van der Waals surface area contributed by atoms with Crippen LogP contribution in [-0.2, 0) is 9.59 Å². The van der Waals surface area contributed by atoms with Gasteiger partial charge in [0.2, 0.25) is 11.8 Å². The van der Waals surface area contributed by atoms with Crippen LogP contribution in [0.15, 0.2) is 89.1 Å². The third-order valence-corrected chi connectivity index (χ3v) is 7.64. The second kappa shape index (κ2) is 13.0. The summed E-state index contributed by atoms with van der Waals surface area (Å²) in [5.41, 5.74) is 3.30. The zero-order valence-corrected chi connectivity index (χ0v) is 24.2. The van der Waals surface area contributed by atoms with Crippen LogP contribution < -0.4 is 15.4 Å². The van der Waals surface area contributed by atoms with Crippen LogP contribution in [0.5, 0.6) is 5.75 Å². The van der Waals surface area contributed by atoms with Crippen molar-refractivity contribution in [3.05, 3.63) is 89.8 Å². The number of benzene rings is 3. The topological polar surface area (TPSA) is 80.3 Å². The number of carbonyl (C=O) groups is 2. The molecule has 0 saturated carbocycles. The highest BCUT2D eigenvalue weighted by molar-refractivity contribution is 8.00. The number of carbonyl (C=O) groups excluding carboxylic acids is 2. The molecule has 1 heterocycles. The van der Waals surface area contributed by atoms with Gasteiger partial charge in [-0.25, -0.2) is 4.98 Å². The fourth-order valence-corrected chi connectivity index (χ4v) is 5.61. The molecule has 2 amide bonds. The van der Waals surface area contributed by atoms with Gasteiger partial charge in [-0.1, -0.05) is 51.1 Å². The Hall–Kier alpha value is -3.62. The van der Waals surface area contributed by atoms with Crippen molar-refractivity contribution in [2.45, 2.75) is 44.3 Å². The quantitative estimate of drug-likeness (QED) is 0.192.